The van der Waals surface area contributed by atoms with E-state index in [0.29, 0.717) is 6.54 Å². The molecule has 0 radical (unpaired) electrons. The molecule has 0 saturated heterocycles. The molecule has 0 saturated carbocycles. The largest absolute Gasteiger partial charge is 0.496 e. The van der Waals surface area contributed by atoms with Gasteiger partial charge in [-0.15, -0.1) is 11.3 Å². The van der Waals surface area contributed by atoms with Crippen molar-refractivity contribution in [3.63, 3.8) is 0 Å². The van der Waals surface area contributed by atoms with Crippen LogP contribution in [0.5, 0.6) is 5.75 Å². The predicted octanol–water partition coefficient (Wildman–Crippen LogP) is 4.93. The van der Waals surface area contributed by atoms with Crippen molar-refractivity contribution in [2.24, 2.45) is 0 Å². The maximum atomic E-state index is 12.9. The Labute approximate surface area is 174 Å². The summed E-state index contributed by atoms with van der Waals surface area (Å²) < 4.78 is 8.68. The highest BCUT2D eigenvalue weighted by molar-refractivity contribution is 7.17. The van der Waals surface area contributed by atoms with Crippen LogP contribution in [0.25, 0.3) is 10.2 Å². The summed E-state index contributed by atoms with van der Waals surface area (Å²) in [6, 6.07) is 22.4. The van der Waals surface area contributed by atoms with Gasteiger partial charge >= 0.3 is 0 Å². The van der Waals surface area contributed by atoms with E-state index in [1.807, 2.05) is 36.4 Å². The second kappa shape index (κ2) is 8.97. The van der Waals surface area contributed by atoms with Crippen LogP contribution in [0.2, 0.25) is 0 Å². The predicted molar refractivity (Wildman–Crippen MR) is 119 cm³/mol. The van der Waals surface area contributed by atoms with Crippen LogP contribution >= 0.6 is 11.3 Å². The van der Waals surface area contributed by atoms with E-state index in [1.165, 1.54) is 5.56 Å². The van der Waals surface area contributed by atoms with E-state index in [0.717, 1.165) is 46.6 Å². The zero-order valence-electron chi connectivity index (χ0n) is 16.4. The molecule has 4 rings (SSSR count). The number of ether oxygens (including phenoxy) is 1. The Hall–Kier alpha value is -3.05. The number of nitrogens with zero attached hydrogens (tertiary/aromatic N) is 1. The number of hydrogen-bond donors (Lipinski definition) is 1. The van der Waals surface area contributed by atoms with Gasteiger partial charge in [-0.2, -0.15) is 0 Å². The fourth-order valence-electron chi connectivity index (χ4n) is 3.60. The van der Waals surface area contributed by atoms with E-state index in [9.17, 15) is 4.79 Å². The van der Waals surface area contributed by atoms with E-state index in [-0.39, 0.29) is 5.91 Å². The monoisotopic (exact) mass is 404 g/mol. The number of para-hydroxylation sites is 1. The van der Waals surface area contributed by atoms with E-state index >= 15 is 0 Å². The molecule has 0 unspecified atom stereocenters. The van der Waals surface area contributed by atoms with E-state index in [1.54, 1.807) is 18.4 Å². The summed E-state index contributed by atoms with van der Waals surface area (Å²) in [4.78, 5) is 12.9. The number of nitrogens with one attached hydrogen (secondary N) is 1. The number of hydrogen-bond acceptors (Lipinski definition) is 3. The summed E-state index contributed by atoms with van der Waals surface area (Å²) >= 11 is 1.67. The van der Waals surface area contributed by atoms with Crippen molar-refractivity contribution in [3.8, 4) is 5.75 Å². The average Bonchev–Trinajstić information content (AvgIpc) is 3.35. The minimum Gasteiger partial charge on any atom is -0.496 e. The number of aromatic nitrogens is 1. The Morgan fingerprint density at radius 2 is 1.83 bits per heavy atom. The van der Waals surface area contributed by atoms with Crippen LogP contribution in [-0.2, 0) is 19.4 Å². The Kier molecular flexibility index (Phi) is 5.96. The third kappa shape index (κ3) is 4.35. The Morgan fingerprint density at radius 1 is 1.03 bits per heavy atom. The first kappa shape index (κ1) is 19.3. The highest BCUT2D eigenvalue weighted by Gasteiger charge is 2.16. The van der Waals surface area contributed by atoms with Gasteiger partial charge in [-0.25, -0.2) is 0 Å². The van der Waals surface area contributed by atoms with Gasteiger partial charge in [0.05, 0.1) is 17.3 Å². The molecule has 2 aromatic heterocycles. The maximum Gasteiger partial charge on any atom is 0.267 e. The number of methoxy groups -OCH3 is 1. The molecule has 0 bridgehead atoms. The highest BCUT2D eigenvalue weighted by atomic mass is 32.1. The Bertz CT molecular complexity index is 1100. The SMILES string of the molecule is COc1ccccc1CCNC(=O)c1cc2sccc2n1CCc1ccccc1. The van der Waals surface area contributed by atoms with Crippen LogP contribution in [0.1, 0.15) is 21.6 Å². The van der Waals surface area contributed by atoms with Gasteiger partial charge in [0.2, 0.25) is 0 Å². The molecule has 2 aromatic carbocycles. The van der Waals surface area contributed by atoms with Crippen LogP contribution < -0.4 is 10.1 Å². The van der Waals surface area contributed by atoms with Gasteiger partial charge in [0.1, 0.15) is 11.4 Å². The molecule has 0 fully saturated rings. The minimum absolute atomic E-state index is 0.0311. The normalized spacial score (nSPS) is 10.9. The summed E-state index contributed by atoms with van der Waals surface area (Å²) in [6.07, 6.45) is 1.62. The van der Waals surface area contributed by atoms with Gasteiger partial charge in [-0.1, -0.05) is 48.5 Å². The highest BCUT2D eigenvalue weighted by Crippen LogP contribution is 2.26. The maximum absolute atomic E-state index is 12.9. The third-order valence-corrected chi connectivity index (χ3v) is 5.95. The van der Waals surface area contributed by atoms with Gasteiger partial charge in [0.25, 0.3) is 5.91 Å². The molecule has 1 N–H and O–H groups in total. The van der Waals surface area contributed by atoms with Crippen LogP contribution in [0, 0.1) is 0 Å². The number of amides is 1. The van der Waals surface area contributed by atoms with Gasteiger partial charge in [-0.05, 0) is 47.5 Å². The summed E-state index contributed by atoms with van der Waals surface area (Å²) in [7, 11) is 1.67. The number of carbonyl (C=O) groups is 1. The fourth-order valence-corrected chi connectivity index (χ4v) is 4.42. The third-order valence-electron chi connectivity index (χ3n) is 5.09. The van der Waals surface area contributed by atoms with E-state index in [2.05, 4.69) is 45.6 Å². The zero-order valence-corrected chi connectivity index (χ0v) is 17.2. The summed E-state index contributed by atoms with van der Waals surface area (Å²) in [5.74, 6) is 0.824. The van der Waals surface area contributed by atoms with E-state index in [4.69, 9.17) is 4.74 Å². The Morgan fingerprint density at radius 3 is 2.66 bits per heavy atom. The van der Waals surface area contributed by atoms with Crippen LogP contribution in [-0.4, -0.2) is 24.1 Å². The quantitative estimate of drug-likeness (QED) is 0.453. The molecule has 2 heterocycles. The zero-order chi connectivity index (χ0) is 20.1. The van der Waals surface area contributed by atoms with Gasteiger partial charge in [0.15, 0.2) is 0 Å². The number of thiophene rings is 1. The van der Waals surface area contributed by atoms with Crippen molar-refractivity contribution < 1.29 is 9.53 Å². The van der Waals surface area contributed by atoms with Crippen molar-refractivity contribution in [2.75, 3.05) is 13.7 Å². The number of carbonyl (C=O) groups excluding carboxylic acids is 1. The minimum atomic E-state index is -0.0311. The molecular formula is C24H24N2O2S. The lowest BCUT2D eigenvalue weighted by Gasteiger charge is -2.12. The summed E-state index contributed by atoms with van der Waals surface area (Å²) in [5, 5.41) is 5.15. The first-order valence-electron chi connectivity index (χ1n) is 9.77. The number of rotatable bonds is 8. The molecule has 29 heavy (non-hydrogen) atoms. The molecule has 1 amide bonds. The summed E-state index contributed by atoms with van der Waals surface area (Å²) in [6.45, 7) is 1.34. The molecule has 0 aliphatic rings. The molecule has 148 valence electrons. The van der Waals surface area contributed by atoms with Crippen molar-refractivity contribution in [3.05, 3.63) is 88.9 Å². The van der Waals surface area contributed by atoms with Crippen LogP contribution in [0.15, 0.2) is 72.1 Å². The van der Waals surface area contributed by atoms with Crippen LogP contribution in [0.3, 0.4) is 0 Å². The first-order valence-corrected chi connectivity index (χ1v) is 10.6. The second-order valence-electron chi connectivity index (χ2n) is 6.90. The number of benzene rings is 2. The van der Waals surface area contributed by atoms with Gasteiger partial charge in [0, 0.05) is 13.1 Å². The smallest absolute Gasteiger partial charge is 0.267 e. The topological polar surface area (TPSA) is 43.3 Å². The molecule has 5 heteroatoms. The number of aryl methyl sites for hydroxylation is 2. The van der Waals surface area contributed by atoms with Crippen LogP contribution in [0.4, 0.5) is 0 Å². The van der Waals surface area contributed by atoms with Gasteiger partial charge in [-0.3, -0.25) is 4.79 Å². The lowest BCUT2D eigenvalue weighted by atomic mass is 10.1. The number of fused-ring (bicyclic) bond motifs is 1. The fraction of sp³-hybridized carbons (Fsp3) is 0.208. The molecule has 4 nitrogen and oxygen atoms in total. The Balaban J connectivity index is 1.46. The van der Waals surface area contributed by atoms with Gasteiger partial charge < -0.3 is 14.6 Å². The first-order chi connectivity index (χ1) is 14.3. The van der Waals surface area contributed by atoms with Crippen molar-refractivity contribution in [2.45, 2.75) is 19.4 Å². The molecular weight excluding hydrogens is 380 g/mol. The summed E-state index contributed by atoms with van der Waals surface area (Å²) in [5.41, 5.74) is 4.21. The molecule has 0 spiro atoms. The lowest BCUT2D eigenvalue weighted by Crippen LogP contribution is -2.28. The molecule has 0 aliphatic carbocycles. The average molecular weight is 405 g/mol. The van der Waals surface area contributed by atoms with E-state index < -0.39 is 0 Å². The molecule has 0 atom stereocenters. The molecule has 0 aliphatic heterocycles. The van der Waals surface area contributed by atoms with Crippen molar-refractivity contribution >= 4 is 27.5 Å². The lowest BCUT2D eigenvalue weighted by molar-refractivity contribution is 0.0945. The van der Waals surface area contributed by atoms with Crippen molar-refractivity contribution in [1.82, 2.24) is 9.88 Å². The second-order valence-corrected chi connectivity index (χ2v) is 7.85. The van der Waals surface area contributed by atoms with Crippen molar-refractivity contribution in [1.29, 1.82) is 0 Å². The molecule has 4 aromatic rings. The standard InChI is InChI=1S/C24H24N2O2S/c1-28-22-10-6-5-9-19(22)11-14-25-24(27)21-17-23-20(13-16-29-23)26(21)15-12-18-7-3-2-4-8-18/h2-10,13,16-17H,11-12,14-15H2,1H3,(H,25,27).